The van der Waals surface area contributed by atoms with Crippen LogP contribution in [0, 0.1) is 0 Å². The summed E-state index contributed by atoms with van der Waals surface area (Å²) >= 11 is 12.5. The fraction of sp³-hybridized carbons (Fsp3) is 0.238. The Morgan fingerprint density at radius 2 is 1.81 bits per heavy atom. The summed E-state index contributed by atoms with van der Waals surface area (Å²) in [6.45, 7) is 2.07. The molecule has 1 amide bonds. The van der Waals surface area contributed by atoms with E-state index in [0.717, 1.165) is 11.8 Å². The van der Waals surface area contributed by atoms with Gasteiger partial charge in [-0.05, 0) is 31.2 Å². The Bertz CT molecular complexity index is 1190. The largest absolute Gasteiger partial charge is 0.351 e. The first-order chi connectivity index (χ1) is 14.7. The quantitative estimate of drug-likeness (QED) is 0.488. The molecule has 3 rings (SSSR count). The Balaban J connectivity index is 2.24. The first kappa shape index (κ1) is 23.3. The van der Waals surface area contributed by atoms with Crippen LogP contribution in [0.2, 0.25) is 10.0 Å². The third kappa shape index (κ3) is 5.65. The van der Waals surface area contributed by atoms with E-state index in [-0.39, 0.29) is 24.6 Å². The van der Waals surface area contributed by atoms with E-state index in [9.17, 15) is 13.2 Å². The topological polar surface area (TPSA) is 90.3 Å². The van der Waals surface area contributed by atoms with E-state index in [2.05, 4.69) is 10.4 Å². The summed E-state index contributed by atoms with van der Waals surface area (Å²) in [6.07, 6.45) is 1.12. The molecule has 0 fully saturated rings. The van der Waals surface area contributed by atoms with Gasteiger partial charge in [0.2, 0.25) is 0 Å². The van der Waals surface area contributed by atoms with Gasteiger partial charge in [0, 0.05) is 29.1 Å². The lowest BCUT2D eigenvalue weighted by Crippen LogP contribution is -2.24. The van der Waals surface area contributed by atoms with E-state index >= 15 is 0 Å². The molecule has 0 spiro atoms. The minimum atomic E-state index is -3.64. The molecule has 0 aliphatic heterocycles. The number of hydrogen-bond acceptors (Lipinski definition) is 5. The Labute approximate surface area is 191 Å². The second kappa shape index (κ2) is 9.82. The van der Waals surface area contributed by atoms with Crippen LogP contribution in [0.1, 0.15) is 23.0 Å². The van der Waals surface area contributed by atoms with Gasteiger partial charge in [-0.1, -0.05) is 47.5 Å². The van der Waals surface area contributed by atoms with Gasteiger partial charge >= 0.3 is 0 Å². The van der Waals surface area contributed by atoms with Gasteiger partial charge in [-0.25, -0.2) is 4.68 Å². The predicted octanol–water partition coefficient (Wildman–Crippen LogP) is 4.11. The summed E-state index contributed by atoms with van der Waals surface area (Å²) in [7, 11) is -3.64. The molecule has 1 N–H and O–H groups in total. The number of rotatable bonds is 8. The molecule has 0 atom stereocenters. The van der Waals surface area contributed by atoms with Crippen LogP contribution in [0.25, 0.3) is 16.9 Å². The minimum Gasteiger partial charge on any atom is -0.351 e. The van der Waals surface area contributed by atoms with Gasteiger partial charge in [0.15, 0.2) is 5.69 Å². The van der Waals surface area contributed by atoms with Crippen LogP contribution in [0.4, 0.5) is 0 Å². The first-order valence-corrected chi connectivity index (χ1v) is 12.0. The third-order valence-electron chi connectivity index (χ3n) is 4.38. The second-order valence-electron chi connectivity index (χ2n) is 6.68. The molecular formula is C21H21Cl2N3O4S. The number of nitrogens with zero attached hydrogens (tertiary/aromatic N) is 2. The lowest BCUT2D eigenvalue weighted by Gasteiger charge is -2.12. The average Bonchev–Trinajstić information content (AvgIpc) is 3.07. The fourth-order valence-electron chi connectivity index (χ4n) is 3.11. The van der Waals surface area contributed by atoms with Crippen molar-refractivity contribution in [3.05, 3.63) is 69.8 Å². The van der Waals surface area contributed by atoms with Crippen molar-refractivity contribution in [2.24, 2.45) is 0 Å². The maximum Gasteiger partial charge on any atom is 0.272 e. The third-order valence-corrected chi connectivity index (χ3v) is 5.55. The van der Waals surface area contributed by atoms with E-state index in [1.165, 1.54) is 0 Å². The summed E-state index contributed by atoms with van der Waals surface area (Å²) in [6, 6.07) is 14.2. The maximum absolute atomic E-state index is 12.8. The molecule has 7 nitrogen and oxygen atoms in total. The maximum atomic E-state index is 12.8. The van der Waals surface area contributed by atoms with Crippen LogP contribution in [0.3, 0.4) is 0 Å². The number of amides is 1. The number of benzene rings is 2. The van der Waals surface area contributed by atoms with Crippen molar-refractivity contribution in [1.82, 2.24) is 15.1 Å². The summed E-state index contributed by atoms with van der Waals surface area (Å²) < 4.78 is 29.4. The minimum absolute atomic E-state index is 0.139. The van der Waals surface area contributed by atoms with Crippen molar-refractivity contribution in [3.63, 3.8) is 0 Å². The molecule has 164 valence electrons. The highest BCUT2D eigenvalue weighted by molar-refractivity contribution is 7.85. The molecule has 1 aromatic heterocycles. The van der Waals surface area contributed by atoms with Gasteiger partial charge in [-0.2, -0.15) is 13.5 Å². The zero-order valence-corrected chi connectivity index (χ0v) is 19.3. The summed E-state index contributed by atoms with van der Waals surface area (Å²) in [4.78, 5) is 12.8. The first-order valence-electron chi connectivity index (χ1n) is 9.46. The van der Waals surface area contributed by atoms with E-state index in [0.29, 0.717) is 33.5 Å². The SMILES string of the molecule is CCNC(=O)c1nn(-c2ccccc2Cl)c(-c2ccc(Cl)cc2)c1CCOS(C)(=O)=O. The molecule has 0 radical (unpaired) electrons. The number of hydrogen-bond donors (Lipinski definition) is 1. The Morgan fingerprint density at radius 3 is 2.42 bits per heavy atom. The molecule has 10 heteroatoms. The van der Waals surface area contributed by atoms with Crippen LogP contribution in [0.15, 0.2) is 48.5 Å². The lowest BCUT2D eigenvalue weighted by molar-refractivity contribution is 0.0949. The second-order valence-corrected chi connectivity index (χ2v) is 9.17. The van der Waals surface area contributed by atoms with E-state index in [4.69, 9.17) is 27.4 Å². The van der Waals surface area contributed by atoms with Crippen LogP contribution in [0.5, 0.6) is 0 Å². The average molecular weight is 482 g/mol. The Hall–Kier alpha value is -2.39. The summed E-state index contributed by atoms with van der Waals surface area (Å²) in [5.41, 5.74) is 2.63. The van der Waals surface area contributed by atoms with Crippen molar-refractivity contribution in [2.45, 2.75) is 13.3 Å². The Morgan fingerprint density at radius 1 is 1.13 bits per heavy atom. The van der Waals surface area contributed by atoms with Crippen molar-refractivity contribution >= 4 is 39.2 Å². The van der Waals surface area contributed by atoms with E-state index in [1.807, 2.05) is 6.07 Å². The van der Waals surface area contributed by atoms with Crippen LogP contribution >= 0.6 is 23.2 Å². The van der Waals surface area contributed by atoms with Crippen molar-refractivity contribution < 1.29 is 17.4 Å². The number of carbonyl (C=O) groups excluding carboxylic acids is 1. The highest BCUT2D eigenvalue weighted by Crippen LogP contribution is 2.33. The zero-order valence-electron chi connectivity index (χ0n) is 16.9. The number of aromatic nitrogens is 2. The zero-order chi connectivity index (χ0) is 22.6. The van der Waals surface area contributed by atoms with Gasteiger partial charge < -0.3 is 5.32 Å². The van der Waals surface area contributed by atoms with E-state index in [1.54, 1.807) is 54.1 Å². The highest BCUT2D eigenvalue weighted by Gasteiger charge is 2.25. The van der Waals surface area contributed by atoms with Gasteiger partial charge in [0.05, 0.1) is 29.3 Å². The molecule has 0 aliphatic carbocycles. The molecule has 0 saturated carbocycles. The number of para-hydroxylation sites is 1. The lowest BCUT2D eigenvalue weighted by atomic mass is 10.0. The molecule has 0 unspecified atom stereocenters. The van der Waals surface area contributed by atoms with E-state index < -0.39 is 10.1 Å². The van der Waals surface area contributed by atoms with Crippen molar-refractivity contribution in [1.29, 1.82) is 0 Å². The molecule has 3 aromatic rings. The normalized spacial score (nSPS) is 11.5. The molecule has 0 bridgehead atoms. The number of nitrogens with one attached hydrogen (secondary N) is 1. The predicted molar refractivity (Wildman–Crippen MR) is 122 cm³/mol. The van der Waals surface area contributed by atoms with Gasteiger partial charge in [0.1, 0.15) is 0 Å². The molecule has 1 heterocycles. The monoisotopic (exact) mass is 481 g/mol. The molecule has 2 aromatic carbocycles. The molecular weight excluding hydrogens is 461 g/mol. The number of carbonyl (C=O) groups is 1. The van der Waals surface area contributed by atoms with Gasteiger partial charge in [-0.15, -0.1) is 0 Å². The standard InChI is InChI=1S/C21H21Cl2N3O4S/c1-3-24-21(27)19-16(12-13-30-31(2,28)29)20(14-8-10-15(22)11-9-14)26(25-19)18-7-5-4-6-17(18)23/h4-11H,3,12-13H2,1-2H3,(H,24,27). The van der Waals surface area contributed by atoms with Gasteiger partial charge in [0.25, 0.3) is 16.0 Å². The molecule has 0 saturated heterocycles. The fourth-order valence-corrected chi connectivity index (χ4v) is 3.84. The van der Waals surface area contributed by atoms with Crippen LogP contribution < -0.4 is 5.32 Å². The number of halogens is 2. The van der Waals surface area contributed by atoms with Crippen molar-refractivity contribution in [2.75, 3.05) is 19.4 Å². The van der Waals surface area contributed by atoms with Crippen LogP contribution in [-0.2, 0) is 20.7 Å². The summed E-state index contributed by atoms with van der Waals surface area (Å²) in [5.74, 6) is -0.377. The smallest absolute Gasteiger partial charge is 0.272 e. The van der Waals surface area contributed by atoms with Crippen molar-refractivity contribution in [3.8, 4) is 16.9 Å². The molecule has 31 heavy (non-hydrogen) atoms. The Kier molecular flexibility index (Phi) is 7.38. The molecule has 0 aliphatic rings. The van der Waals surface area contributed by atoms with Gasteiger partial charge in [-0.3, -0.25) is 8.98 Å². The summed E-state index contributed by atoms with van der Waals surface area (Å²) in [5, 5.41) is 8.30. The van der Waals surface area contributed by atoms with Crippen LogP contribution in [-0.4, -0.2) is 43.5 Å². The highest BCUT2D eigenvalue weighted by atomic mass is 35.5.